The minimum Gasteiger partial charge on any atom is -0.472 e. The number of anilines is 1. The lowest BCUT2D eigenvalue weighted by atomic mass is 9.86. The maximum absolute atomic E-state index is 12.6. The molecule has 0 unspecified atom stereocenters. The van der Waals surface area contributed by atoms with Crippen LogP contribution in [-0.2, 0) is 21.4 Å². The van der Waals surface area contributed by atoms with E-state index in [2.05, 4.69) is 33.4 Å². The average molecular weight is 630 g/mol. The molecule has 0 bridgehead atoms. The summed E-state index contributed by atoms with van der Waals surface area (Å²) in [4.78, 5) is 19.0. The molecule has 1 amide bonds. The molecule has 2 aliphatic heterocycles. The molecule has 1 N–H and O–H groups in total. The average Bonchev–Trinajstić information content (AvgIpc) is 3.32. The van der Waals surface area contributed by atoms with E-state index in [0.29, 0.717) is 37.7 Å². The van der Waals surface area contributed by atoms with Crippen molar-refractivity contribution < 1.29 is 22.7 Å². The number of nitrogens with zero attached hydrogens (tertiary/aromatic N) is 4. The van der Waals surface area contributed by atoms with Gasteiger partial charge in [0, 0.05) is 35.9 Å². The van der Waals surface area contributed by atoms with Crippen molar-refractivity contribution in [3.63, 3.8) is 0 Å². The first kappa shape index (κ1) is 30.6. The van der Waals surface area contributed by atoms with Gasteiger partial charge in [-0.25, -0.2) is 18.2 Å². The third kappa shape index (κ3) is 6.54. The molecule has 2 aromatic heterocycles. The number of hydrogen-bond donors (Lipinski definition) is 1. The van der Waals surface area contributed by atoms with E-state index < -0.39 is 15.6 Å². The van der Waals surface area contributed by atoms with E-state index in [1.165, 1.54) is 0 Å². The molecule has 2 aliphatic rings. The van der Waals surface area contributed by atoms with Gasteiger partial charge in [0.25, 0.3) is 0 Å². The lowest BCUT2D eigenvalue weighted by Gasteiger charge is -2.33. The van der Waals surface area contributed by atoms with Crippen molar-refractivity contribution in [2.75, 3.05) is 24.1 Å². The number of benzene rings is 2. The van der Waals surface area contributed by atoms with Crippen LogP contribution in [0.2, 0.25) is 0 Å². The zero-order chi connectivity index (χ0) is 31.9. The summed E-state index contributed by atoms with van der Waals surface area (Å²) in [5.41, 5.74) is 6.90. The van der Waals surface area contributed by atoms with Crippen LogP contribution in [0.3, 0.4) is 0 Å². The Kier molecular flexibility index (Phi) is 8.07. The number of piperidine rings is 1. The van der Waals surface area contributed by atoms with Crippen molar-refractivity contribution in [1.82, 2.24) is 19.7 Å². The molecular formula is C34H39N5O5S. The van der Waals surface area contributed by atoms with Crippen molar-refractivity contribution in [3.8, 4) is 5.88 Å². The summed E-state index contributed by atoms with van der Waals surface area (Å²) < 4.78 is 40.5. The van der Waals surface area contributed by atoms with Gasteiger partial charge >= 0.3 is 6.09 Å². The number of rotatable bonds is 5. The number of carbonyl (C=O) groups excluding carboxylic acids is 1. The minimum atomic E-state index is -3.43. The highest BCUT2D eigenvalue weighted by Gasteiger charge is 2.30. The van der Waals surface area contributed by atoms with Gasteiger partial charge in [-0.3, -0.25) is 9.40 Å². The number of fused-ring (bicyclic) bond motifs is 3. The van der Waals surface area contributed by atoms with Crippen LogP contribution < -0.4 is 9.46 Å². The van der Waals surface area contributed by atoms with E-state index in [-0.39, 0.29) is 12.1 Å². The van der Waals surface area contributed by atoms with Gasteiger partial charge in [-0.2, -0.15) is 5.10 Å². The van der Waals surface area contributed by atoms with Gasteiger partial charge in [0.05, 0.1) is 24.0 Å². The Balaban J connectivity index is 1.41. The molecule has 0 atom stereocenters. The third-order valence-corrected chi connectivity index (χ3v) is 8.73. The zero-order valence-electron chi connectivity index (χ0n) is 26.3. The molecule has 0 radical (unpaired) electrons. The van der Waals surface area contributed by atoms with Gasteiger partial charge in [-0.1, -0.05) is 19.1 Å². The van der Waals surface area contributed by atoms with Crippen LogP contribution in [0.25, 0.3) is 22.0 Å². The van der Waals surface area contributed by atoms with Gasteiger partial charge in [0.15, 0.2) is 0 Å². The van der Waals surface area contributed by atoms with Crippen LogP contribution >= 0.6 is 0 Å². The number of hydrogen-bond acceptors (Lipinski definition) is 7. The fraction of sp³-hybridized carbons (Fsp3) is 0.382. The van der Waals surface area contributed by atoms with Crippen molar-refractivity contribution >= 4 is 43.9 Å². The molecule has 236 valence electrons. The van der Waals surface area contributed by atoms with E-state index >= 15 is 0 Å². The molecule has 2 aromatic carbocycles. The molecule has 1 saturated heterocycles. The fourth-order valence-corrected chi connectivity index (χ4v) is 6.78. The molecule has 11 heteroatoms. The minimum absolute atomic E-state index is 0.149. The number of likely N-dealkylation sites (tertiary alicyclic amines) is 1. The highest BCUT2D eigenvalue weighted by molar-refractivity contribution is 7.92. The van der Waals surface area contributed by atoms with E-state index in [0.717, 1.165) is 63.4 Å². The van der Waals surface area contributed by atoms with Gasteiger partial charge in [0.1, 0.15) is 12.2 Å². The number of nitrogens with one attached hydrogen (secondary N) is 1. The van der Waals surface area contributed by atoms with Crippen molar-refractivity contribution in [3.05, 3.63) is 83.2 Å². The number of carbonyl (C=O) groups is 1. The maximum Gasteiger partial charge on any atom is 0.410 e. The Hall–Kier alpha value is -4.38. The summed E-state index contributed by atoms with van der Waals surface area (Å²) in [5, 5.41) is 5.84. The SMILES string of the molecule is CC/C(=C1\c2cc3cnn(C4CCN(C(=O)OC(C)(C)C)CC4)c3cc2COc2ncccc21)c1cccc(NS(C)(=O)=O)c1. The lowest BCUT2D eigenvalue weighted by Crippen LogP contribution is -2.42. The summed E-state index contributed by atoms with van der Waals surface area (Å²) in [6, 6.07) is 15.9. The summed E-state index contributed by atoms with van der Waals surface area (Å²) >= 11 is 0. The predicted octanol–water partition coefficient (Wildman–Crippen LogP) is 6.64. The Bertz CT molecular complexity index is 1900. The second-order valence-electron chi connectivity index (χ2n) is 12.7. The Labute approximate surface area is 264 Å². The largest absolute Gasteiger partial charge is 0.472 e. The Morgan fingerprint density at radius 1 is 1.09 bits per heavy atom. The highest BCUT2D eigenvalue weighted by atomic mass is 32.2. The lowest BCUT2D eigenvalue weighted by molar-refractivity contribution is 0.0186. The standard InChI is InChI=1S/C34H39N5O5S/c1-6-27(22-9-7-10-25(17-22)37-45(5,41)42)31-28-11-8-14-35-32(28)43-21-24-19-30-23(18-29(24)31)20-36-39(30)26-12-15-38(16-13-26)33(40)44-34(2,3)4/h7-11,14,17-20,26,37H,6,12-13,15-16,21H2,1-5H3/b31-27+. The second-order valence-corrected chi connectivity index (χ2v) is 14.4. The Morgan fingerprint density at radius 2 is 1.87 bits per heavy atom. The van der Waals surface area contributed by atoms with E-state index in [4.69, 9.17) is 14.6 Å². The molecule has 0 aliphatic carbocycles. The first-order valence-corrected chi connectivity index (χ1v) is 17.2. The molecule has 10 nitrogen and oxygen atoms in total. The van der Waals surface area contributed by atoms with E-state index in [9.17, 15) is 13.2 Å². The van der Waals surface area contributed by atoms with Crippen LogP contribution in [0.1, 0.15) is 75.3 Å². The van der Waals surface area contributed by atoms with Crippen LogP contribution in [-0.4, -0.2) is 59.1 Å². The van der Waals surface area contributed by atoms with Crippen molar-refractivity contribution in [2.24, 2.45) is 0 Å². The molecule has 4 aromatic rings. The van der Waals surface area contributed by atoms with Gasteiger partial charge < -0.3 is 14.4 Å². The summed E-state index contributed by atoms with van der Waals surface area (Å²) in [6.45, 7) is 9.30. The predicted molar refractivity (Wildman–Crippen MR) is 175 cm³/mol. The van der Waals surface area contributed by atoms with Crippen LogP contribution in [0.4, 0.5) is 10.5 Å². The van der Waals surface area contributed by atoms with E-state index in [1.54, 1.807) is 17.2 Å². The first-order chi connectivity index (χ1) is 21.4. The third-order valence-electron chi connectivity index (χ3n) is 8.13. The quantitative estimate of drug-likeness (QED) is 0.263. The monoisotopic (exact) mass is 629 g/mol. The molecule has 0 spiro atoms. The summed E-state index contributed by atoms with van der Waals surface area (Å²) in [6.07, 6.45) is 6.77. The normalized spacial score (nSPS) is 16.8. The number of pyridine rings is 1. The fourth-order valence-electron chi connectivity index (χ4n) is 6.22. The highest BCUT2D eigenvalue weighted by Crippen LogP contribution is 2.43. The van der Waals surface area contributed by atoms with Crippen molar-refractivity contribution in [1.29, 1.82) is 0 Å². The van der Waals surface area contributed by atoms with Crippen LogP contribution in [0.5, 0.6) is 5.88 Å². The molecule has 0 saturated carbocycles. The smallest absolute Gasteiger partial charge is 0.410 e. The number of aromatic nitrogens is 3. The van der Waals surface area contributed by atoms with Crippen LogP contribution in [0.15, 0.2) is 60.9 Å². The Morgan fingerprint density at radius 3 is 2.58 bits per heavy atom. The summed E-state index contributed by atoms with van der Waals surface area (Å²) in [5.74, 6) is 0.556. The molecule has 1 fully saturated rings. The topological polar surface area (TPSA) is 116 Å². The zero-order valence-corrected chi connectivity index (χ0v) is 27.1. The molecular weight excluding hydrogens is 590 g/mol. The first-order valence-electron chi connectivity index (χ1n) is 15.3. The van der Waals surface area contributed by atoms with Gasteiger partial charge in [-0.05, 0) is 104 Å². The van der Waals surface area contributed by atoms with Crippen LogP contribution in [0, 0.1) is 0 Å². The molecule has 45 heavy (non-hydrogen) atoms. The number of sulfonamides is 1. The molecule has 6 rings (SSSR count). The second kappa shape index (κ2) is 11.8. The maximum atomic E-state index is 12.6. The summed E-state index contributed by atoms with van der Waals surface area (Å²) in [7, 11) is -3.43. The van der Waals surface area contributed by atoms with Gasteiger partial charge in [0.2, 0.25) is 15.9 Å². The number of amides is 1. The van der Waals surface area contributed by atoms with Crippen molar-refractivity contribution in [2.45, 2.75) is 65.2 Å². The van der Waals surface area contributed by atoms with E-state index in [1.807, 2.05) is 57.3 Å². The molecule has 4 heterocycles. The number of allylic oxidation sites excluding steroid dienone is 1. The number of ether oxygens (including phenoxy) is 2. The van der Waals surface area contributed by atoms with Gasteiger partial charge in [-0.15, -0.1) is 0 Å².